The number of carbonyl (C=O) groups excluding carboxylic acids is 1. The minimum absolute atomic E-state index is 0.0646. The maximum absolute atomic E-state index is 12.3. The van der Waals surface area contributed by atoms with Gasteiger partial charge in [-0.3, -0.25) is 4.79 Å². The highest BCUT2D eigenvalue weighted by atomic mass is 16.3. The fourth-order valence-electron chi connectivity index (χ4n) is 2.13. The first-order valence-electron chi connectivity index (χ1n) is 6.07. The number of amides is 1. The van der Waals surface area contributed by atoms with Gasteiger partial charge in [-0.2, -0.15) is 0 Å². The summed E-state index contributed by atoms with van der Waals surface area (Å²) in [7, 11) is 2.05. The van der Waals surface area contributed by atoms with E-state index >= 15 is 0 Å². The van der Waals surface area contributed by atoms with Crippen molar-refractivity contribution < 1.29 is 9.90 Å². The summed E-state index contributed by atoms with van der Waals surface area (Å²) in [5, 5.41) is 9.44. The fraction of sp³-hybridized carbons (Fsp3) is 0.462. The normalized spacial score (nSPS) is 21.0. The Kier molecular flexibility index (Phi) is 3.43. The molecule has 1 aromatic rings. The van der Waals surface area contributed by atoms with Crippen LogP contribution in [0.1, 0.15) is 17.3 Å². The molecule has 0 spiro atoms. The number of nitrogen functional groups attached to an aromatic ring is 1. The van der Waals surface area contributed by atoms with Crippen molar-refractivity contribution in [2.24, 2.45) is 0 Å². The largest absolute Gasteiger partial charge is 0.508 e. The van der Waals surface area contributed by atoms with E-state index in [1.165, 1.54) is 12.1 Å². The first-order valence-corrected chi connectivity index (χ1v) is 6.07. The van der Waals surface area contributed by atoms with E-state index < -0.39 is 0 Å². The average molecular weight is 249 g/mol. The summed E-state index contributed by atoms with van der Waals surface area (Å²) in [6.07, 6.45) is 0. The molecule has 1 atom stereocenters. The molecule has 0 saturated carbocycles. The summed E-state index contributed by atoms with van der Waals surface area (Å²) in [6.45, 7) is 4.32. The van der Waals surface area contributed by atoms with E-state index in [1.54, 1.807) is 11.0 Å². The average Bonchev–Trinajstić information content (AvgIpc) is 2.35. The molecule has 0 radical (unpaired) electrons. The third kappa shape index (κ3) is 2.41. The van der Waals surface area contributed by atoms with Crippen LogP contribution in [-0.4, -0.2) is 53.5 Å². The zero-order valence-corrected chi connectivity index (χ0v) is 10.8. The molecule has 1 unspecified atom stereocenters. The van der Waals surface area contributed by atoms with Crippen molar-refractivity contribution >= 4 is 11.6 Å². The molecule has 1 aromatic carbocycles. The fourth-order valence-corrected chi connectivity index (χ4v) is 2.13. The summed E-state index contributed by atoms with van der Waals surface area (Å²) >= 11 is 0. The second-order valence-electron chi connectivity index (χ2n) is 4.85. The van der Waals surface area contributed by atoms with E-state index in [0.717, 1.165) is 6.54 Å². The Morgan fingerprint density at radius 1 is 1.44 bits per heavy atom. The van der Waals surface area contributed by atoms with Crippen LogP contribution in [-0.2, 0) is 0 Å². The zero-order valence-electron chi connectivity index (χ0n) is 10.8. The summed E-state index contributed by atoms with van der Waals surface area (Å²) in [6, 6.07) is 4.81. The van der Waals surface area contributed by atoms with Crippen molar-refractivity contribution in [1.29, 1.82) is 0 Å². The molecule has 0 aliphatic carbocycles. The molecule has 0 bridgehead atoms. The lowest BCUT2D eigenvalue weighted by atomic mass is 10.1. The van der Waals surface area contributed by atoms with Crippen LogP contribution < -0.4 is 5.73 Å². The number of carbonyl (C=O) groups is 1. The van der Waals surface area contributed by atoms with Gasteiger partial charge < -0.3 is 20.6 Å². The predicted octanol–water partition coefficient (Wildman–Crippen LogP) is 0.751. The Balaban J connectivity index is 2.19. The number of aromatic hydroxyl groups is 1. The minimum atomic E-state index is -0.108. The van der Waals surface area contributed by atoms with Gasteiger partial charge in [0.2, 0.25) is 0 Å². The number of phenols is 1. The molecular weight excluding hydrogens is 230 g/mol. The summed E-state index contributed by atoms with van der Waals surface area (Å²) in [4.78, 5) is 16.3. The van der Waals surface area contributed by atoms with E-state index in [4.69, 9.17) is 5.73 Å². The van der Waals surface area contributed by atoms with Crippen molar-refractivity contribution in [3.8, 4) is 5.75 Å². The lowest BCUT2D eigenvalue weighted by molar-refractivity contribution is 0.0573. The van der Waals surface area contributed by atoms with Crippen molar-refractivity contribution in [3.05, 3.63) is 23.8 Å². The van der Waals surface area contributed by atoms with Crippen LogP contribution in [0.5, 0.6) is 5.75 Å². The number of likely N-dealkylation sites (N-methyl/N-ethyl adjacent to an activating group) is 1. The van der Waals surface area contributed by atoms with Gasteiger partial charge >= 0.3 is 0 Å². The van der Waals surface area contributed by atoms with E-state index in [0.29, 0.717) is 30.4 Å². The van der Waals surface area contributed by atoms with Crippen molar-refractivity contribution in [2.45, 2.75) is 13.0 Å². The third-order valence-electron chi connectivity index (χ3n) is 3.51. The van der Waals surface area contributed by atoms with E-state index in [9.17, 15) is 9.90 Å². The minimum Gasteiger partial charge on any atom is -0.508 e. The lowest BCUT2D eigenvalue weighted by Crippen LogP contribution is -2.52. The van der Waals surface area contributed by atoms with Gasteiger partial charge in [-0.1, -0.05) is 0 Å². The molecule has 5 nitrogen and oxygen atoms in total. The number of nitrogens with zero attached hydrogens (tertiary/aromatic N) is 2. The molecule has 18 heavy (non-hydrogen) atoms. The predicted molar refractivity (Wildman–Crippen MR) is 70.5 cm³/mol. The monoisotopic (exact) mass is 249 g/mol. The van der Waals surface area contributed by atoms with Gasteiger partial charge in [0.15, 0.2) is 0 Å². The Labute approximate surface area is 107 Å². The van der Waals surface area contributed by atoms with Crippen LogP contribution in [0.15, 0.2) is 18.2 Å². The van der Waals surface area contributed by atoms with Gasteiger partial charge in [0.05, 0.1) is 5.56 Å². The van der Waals surface area contributed by atoms with E-state index in [-0.39, 0.29) is 11.7 Å². The maximum Gasteiger partial charge on any atom is 0.256 e. The van der Waals surface area contributed by atoms with Crippen LogP contribution in [0.25, 0.3) is 0 Å². The molecule has 1 aliphatic heterocycles. The highest BCUT2D eigenvalue weighted by molar-refractivity contribution is 5.99. The number of anilines is 1. The van der Waals surface area contributed by atoms with E-state index in [1.807, 2.05) is 0 Å². The smallest absolute Gasteiger partial charge is 0.256 e. The SMILES string of the molecule is CC1CN(C(=O)c2cc(O)ccc2N)CCN1C. The van der Waals surface area contributed by atoms with Crippen LogP contribution in [0.4, 0.5) is 5.69 Å². The van der Waals surface area contributed by atoms with Gasteiger partial charge in [0, 0.05) is 31.4 Å². The molecule has 1 fully saturated rings. The molecule has 2 rings (SSSR count). The van der Waals surface area contributed by atoms with Crippen molar-refractivity contribution in [2.75, 3.05) is 32.4 Å². The first kappa shape index (κ1) is 12.7. The number of hydrogen-bond acceptors (Lipinski definition) is 4. The number of hydrogen-bond donors (Lipinski definition) is 2. The molecule has 1 amide bonds. The standard InChI is InChI=1S/C13H19N3O2/c1-9-8-16(6-5-15(9)2)13(18)11-7-10(17)3-4-12(11)14/h3-4,7,9,17H,5-6,8,14H2,1-2H3. The van der Waals surface area contributed by atoms with Crippen LogP contribution in [0, 0.1) is 0 Å². The molecular formula is C13H19N3O2. The lowest BCUT2D eigenvalue weighted by Gasteiger charge is -2.37. The second-order valence-corrected chi connectivity index (χ2v) is 4.85. The highest BCUT2D eigenvalue weighted by Crippen LogP contribution is 2.21. The Hall–Kier alpha value is -1.75. The number of nitrogens with two attached hydrogens (primary N) is 1. The van der Waals surface area contributed by atoms with Crippen LogP contribution >= 0.6 is 0 Å². The Morgan fingerprint density at radius 2 is 2.17 bits per heavy atom. The van der Waals surface area contributed by atoms with Crippen LogP contribution in [0.3, 0.4) is 0 Å². The van der Waals surface area contributed by atoms with Crippen molar-refractivity contribution in [3.63, 3.8) is 0 Å². The third-order valence-corrected chi connectivity index (χ3v) is 3.51. The summed E-state index contributed by atoms with van der Waals surface area (Å²) in [5.74, 6) is -0.0434. The number of benzene rings is 1. The zero-order chi connectivity index (χ0) is 13.3. The number of phenolic OH excluding ortho intramolecular Hbond substituents is 1. The molecule has 0 aromatic heterocycles. The van der Waals surface area contributed by atoms with Gasteiger partial charge in [-0.05, 0) is 32.2 Å². The molecule has 1 heterocycles. The Morgan fingerprint density at radius 3 is 2.83 bits per heavy atom. The second kappa shape index (κ2) is 4.86. The van der Waals surface area contributed by atoms with E-state index in [2.05, 4.69) is 18.9 Å². The number of piperazine rings is 1. The number of rotatable bonds is 1. The molecule has 3 N–H and O–H groups in total. The topological polar surface area (TPSA) is 69.8 Å². The van der Waals surface area contributed by atoms with Gasteiger partial charge in [0.25, 0.3) is 5.91 Å². The molecule has 5 heteroatoms. The molecule has 98 valence electrons. The molecule has 1 aliphatic rings. The highest BCUT2D eigenvalue weighted by Gasteiger charge is 2.26. The first-order chi connectivity index (χ1) is 8.49. The Bertz CT molecular complexity index is 462. The van der Waals surface area contributed by atoms with Gasteiger partial charge in [-0.25, -0.2) is 0 Å². The molecule has 1 saturated heterocycles. The van der Waals surface area contributed by atoms with Gasteiger partial charge in [-0.15, -0.1) is 0 Å². The van der Waals surface area contributed by atoms with Crippen LogP contribution in [0.2, 0.25) is 0 Å². The van der Waals surface area contributed by atoms with Gasteiger partial charge in [0.1, 0.15) is 5.75 Å². The quantitative estimate of drug-likeness (QED) is 0.569. The summed E-state index contributed by atoms with van der Waals surface area (Å²) < 4.78 is 0. The summed E-state index contributed by atoms with van der Waals surface area (Å²) in [5.41, 5.74) is 6.58. The van der Waals surface area contributed by atoms with Crippen molar-refractivity contribution in [1.82, 2.24) is 9.80 Å². The maximum atomic E-state index is 12.3.